The summed E-state index contributed by atoms with van der Waals surface area (Å²) in [5.74, 6) is 0. The maximum atomic E-state index is 6.10. The Balaban J connectivity index is 1.79. The van der Waals surface area contributed by atoms with Crippen LogP contribution in [0.15, 0.2) is 53.5 Å². The fourth-order valence-electron chi connectivity index (χ4n) is 2.55. The Bertz CT molecular complexity index is 602. The molecule has 0 fully saturated rings. The number of halogens is 1. The second kappa shape index (κ2) is 5.58. The van der Waals surface area contributed by atoms with Crippen LogP contribution in [0.2, 0.25) is 5.02 Å². The van der Waals surface area contributed by atoms with Crippen molar-refractivity contribution in [3.63, 3.8) is 0 Å². The molecule has 0 saturated carbocycles. The van der Waals surface area contributed by atoms with Crippen molar-refractivity contribution in [2.24, 2.45) is 4.99 Å². The van der Waals surface area contributed by atoms with Crippen molar-refractivity contribution in [3.05, 3.63) is 70.2 Å². The SMILES string of the molecule is Clc1ccc2c(c1)C(CCc1ccccc1)=NCC2. The number of nitrogens with zero attached hydrogens (tertiary/aromatic N) is 1. The molecule has 0 saturated heterocycles. The Morgan fingerprint density at radius 2 is 1.84 bits per heavy atom. The highest BCUT2D eigenvalue weighted by molar-refractivity contribution is 6.31. The molecule has 19 heavy (non-hydrogen) atoms. The van der Waals surface area contributed by atoms with Gasteiger partial charge in [0.2, 0.25) is 0 Å². The first-order valence-electron chi connectivity index (χ1n) is 6.69. The smallest absolute Gasteiger partial charge is 0.0433 e. The van der Waals surface area contributed by atoms with E-state index in [0.717, 1.165) is 30.8 Å². The molecule has 0 spiro atoms. The molecule has 0 amide bonds. The molecule has 3 rings (SSSR count). The molecule has 0 N–H and O–H groups in total. The Morgan fingerprint density at radius 3 is 2.68 bits per heavy atom. The Hall–Kier alpha value is -1.60. The normalized spacial score (nSPS) is 13.8. The maximum absolute atomic E-state index is 6.10. The minimum absolute atomic E-state index is 0.799. The zero-order valence-corrected chi connectivity index (χ0v) is 11.5. The third-order valence-electron chi connectivity index (χ3n) is 3.56. The molecule has 1 heterocycles. The first-order chi connectivity index (χ1) is 9.33. The zero-order valence-electron chi connectivity index (χ0n) is 10.8. The Kier molecular flexibility index (Phi) is 3.65. The standard InChI is InChI=1S/C17H16ClN/c18-15-8-7-14-10-11-19-17(16(14)12-15)9-6-13-4-2-1-3-5-13/h1-5,7-8,12H,6,9-11H2. The molecule has 0 radical (unpaired) electrons. The van der Waals surface area contributed by atoms with Gasteiger partial charge in [0.15, 0.2) is 0 Å². The molecule has 2 heteroatoms. The van der Waals surface area contributed by atoms with Crippen LogP contribution in [-0.4, -0.2) is 12.3 Å². The summed E-state index contributed by atoms with van der Waals surface area (Å²) in [5, 5.41) is 0.799. The van der Waals surface area contributed by atoms with Gasteiger partial charge in [0.25, 0.3) is 0 Å². The predicted molar refractivity (Wildman–Crippen MR) is 81.3 cm³/mol. The second-order valence-electron chi connectivity index (χ2n) is 4.87. The van der Waals surface area contributed by atoms with Crippen LogP contribution < -0.4 is 0 Å². The number of aliphatic imine (C=N–C) groups is 1. The van der Waals surface area contributed by atoms with E-state index in [9.17, 15) is 0 Å². The summed E-state index contributed by atoms with van der Waals surface area (Å²) < 4.78 is 0. The lowest BCUT2D eigenvalue weighted by Gasteiger charge is -2.17. The van der Waals surface area contributed by atoms with E-state index in [1.165, 1.54) is 22.4 Å². The van der Waals surface area contributed by atoms with Gasteiger partial charge < -0.3 is 0 Å². The lowest BCUT2D eigenvalue weighted by molar-refractivity contribution is 0.915. The molecule has 1 nitrogen and oxygen atoms in total. The summed E-state index contributed by atoms with van der Waals surface area (Å²) in [4.78, 5) is 4.68. The maximum Gasteiger partial charge on any atom is 0.0433 e. The summed E-state index contributed by atoms with van der Waals surface area (Å²) in [7, 11) is 0. The molecule has 1 aliphatic rings. The molecular formula is C17H16ClN. The fraction of sp³-hybridized carbons (Fsp3) is 0.235. The van der Waals surface area contributed by atoms with Crippen LogP contribution in [0.3, 0.4) is 0 Å². The second-order valence-corrected chi connectivity index (χ2v) is 5.30. The van der Waals surface area contributed by atoms with E-state index in [0.29, 0.717) is 0 Å². The number of rotatable bonds is 3. The van der Waals surface area contributed by atoms with Crippen LogP contribution in [0.25, 0.3) is 0 Å². The van der Waals surface area contributed by atoms with E-state index in [1.807, 2.05) is 6.07 Å². The van der Waals surface area contributed by atoms with Gasteiger partial charge in [-0.1, -0.05) is 48.0 Å². The molecule has 2 aromatic rings. The lowest BCUT2D eigenvalue weighted by Crippen LogP contribution is -2.13. The average Bonchev–Trinajstić information content (AvgIpc) is 2.46. The molecule has 2 aromatic carbocycles. The van der Waals surface area contributed by atoms with E-state index < -0.39 is 0 Å². The summed E-state index contributed by atoms with van der Waals surface area (Å²) in [5.41, 5.74) is 5.18. The predicted octanol–water partition coefficient (Wildman–Crippen LogP) is 4.32. The molecule has 0 aliphatic carbocycles. The van der Waals surface area contributed by atoms with Crippen LogP contribution in [0, 0.1) is 0 Å². The highest BCUT2D eigenvalue weighted by Gasteiger charge is 2.14. The van der Waals surface area contributed by atoms with Gasteiger partial charge in [-0.2, -0.15) is 0 Å². The molecule has 0 atom stereocenters. The van der Waals surface area contributed by atoms with Gasteiger partial charge >= 0.3 is 0 Å². The molecule has 0 unspecified atom stereocenters. The number of aryl methyl sites for hydroxylation is 1. The summed E-state index contributed by atoms with van der Waals surface area (Å²) in [6.45, 7) is 0.902. The highest BCUT2D eigenvalue weighted by atomic mass is 35.5. The first-order valence-corrected chi connectivity index (χ1v) is 7.07. The van der Waals surface area contributed by atoms with E-state index in [1.54, 1.807) is 0 Å². The van der Waals surface area contributed by atoms with Gasteiger partial charge in [0.05, 0.1) is 0 Å². The number of hydrogen-bond donors (Lipinski definition) is 0. The Labute approximate surface area is 119 Å². The zero-order chi connectivity index (χ0) is 13.1. The molecule has 1 aliphatic heterocycles. The largest absolute Gasteiger partial charge is 0.289 e. The van der Waals surface area contributed by atoms with Crippen LogP contribution in [0.4, 0.5) is 0 Å². The van der Waals surface area contributed by atoms with Gasteiger partial charge in [0, 0.05) is 22.8 Å². The highest BCUT2D eigenvalue weighted by Crippen LogP contribution is 2.22. The van der Waals surface area contributed by atoms with Gasteiger partial charge in [0.1, 0.15) is 0 Å². The van der Waals surface area contributed by atoms with E-state index in [-0.39, 0.29) is 0 Å². The minimum Gasteiger partial charge on any atom is -0.289 e. The molecule has 0 bridgehead atoms. The van der Waals surface area contributed by atoms with Crippen LogP contribution >= 0.6 is 11.6 Å². The fourth-order valence-corrected chi connectivity index (χ4v) is 2.73. The first kappa shape index (κ1) is 12.4. The van der Waals surface area contributed by atoms with Crippen molar-refractivity contribution in [1.29, 1.82) is 0 Å². The van der Waals surface area contributed by atoms with Crippen LogP contribution in [0.5, 0.6) is 0 Å². The van der Waals surface area contributed by atoms with Gasteiger partial charge in [-0.05, 0) is 42.5 Å². The van der Waals surface area contributed by atoms with Crippen molar-refractivity contribution >= 4 is 17.3 Å². The van der Waals surface area contributed by atoms with E-state index in [4.69, 9.17) is 11.6 Å². The van der Waals surface area contributed by atoms with Crippen molar-refractivity contribution in [1.82, 2.24) is 0 Å². The van der Waals surface area contributed by atoms with Crippen molar-refractivity contribution < 1.29 is 0 Å². The van der Waals surface area contributed by atoms with Crippen LogP contribution in [-0.2, 0) is 12.8 Å². The number of fused-ring (bicyclic) bond motifs is 1. The summed E-state index contributed by atoms with van der Waals surface area (Å²) >= 11 is 6.10. The van der Waals surface area contributed by atoms with Crippen molar-refractivity contribution in [2.45, 2.75) is 19.3 Å². The minimum atomic E-state index is 0.799. The lowest BCUT2D eigenvalue weighted by atomic mass is 9.94. The van der Waals surface area contributed by atoms with Gasteiger partial charge in [-0.25, -0.2) is 0 Å². The third kappa shape index (κ3) is 2.87. The summed E-state index contributed by atoms with van der Waals surface area (Å²) in [6.07, 6.45) is 3.05. The monoisotopic (exact) mass is 269 g/mol. The molecular weight excluding hydrogens is 254 g/mol. The quantitative estimate of drug-likeness (QED) is 0.787. The van der Waals surface area contributed by atoms with Crippen molar-refractivity contribution in [2.75, 3.05) is 6.54 Å². The number of hydrogen-bond acceptors (Lipinski definition) is 1. The van der Waals surface area contributed by atoms with Crippen LogP contribution in [0.1, 0.15) is 23.1 Å². The molecule has 0 aromatic heterocycles. The van der Waals surface area contributed by atoms with Gasteiger partial charge in [-0.3, -0.25) is 4.99 Å². The van der Waals surface area contributed by atoms with Crippen molar-refractivity contribution in [3.8, 4) is 0 Å². The van der Waals surface area contributed by atoms with E-state index >= 15 is 0 Å². The average molecular weight is 270 g/mol. The van der Waals surface area contributed by atoms with E-state index in [2.05, 4.69) is 47.5 Å². The Morgan fingerprint density at radius 1 is 1.00 bits per heavy atom. The summed E-state index contributed by atoms with van der Waals surface area (Å²) in [6, 6.07) is 16.7. The topological polar surface area (TPSA) is 12.4 Å². The molecule has 96 valence electrons. The van der Waals surface area contributed by atoms with Gasteiger partial charge in [-0.15, -0.1) is 0 Å². The number of benzene rings is 2. The third-order valence-corrected chi connectivity index (χ3v) is 3.80.